The van der Waals surface area contributed by atoms with Crippen LogP contribution in [0.5, 0.6) is 0 Å². The Balaban J connectivity index is 0.000000212. The molecule has 0 saturated heterocycles. The van der Waals surface area contributed by atoms with E-state index in [4.69, 9.17) is 0 Å². The SMILES string of the molecule is CB(c1ccccc1)c1ccccc1.CCC(C)C=C[SiH2]C(c1ccccc1)(c1ccccc1)n1ccnc1. The minimum absolute atomic E-state index is 0.150. The lowest BCUT2D eigenvalue weighted by molar-refractivity contribution is 0.595. The Morgan fingerprint density at radius 2 is 1.23 bits per heavy atom. The average Bonchev–Trinajstić information content (AvgIpc) is 3.56. The molecule has 0 fully saturated rings. The standard InChI is InChI=1S/C22H26N2Si.C13H13B/c1-3-19(2)14-17-25-22(24-16-15-23-18-24,20-10-6-4-7-11-20)21-12-8-5-9-13-21;1-14(12-8-4-2-5-9-12)13-10-6-3-7-11-13/h4-19H,3,25H2,1-2H3;2-11H,1H3. The van der Waals surface area contributed by atoms with Crippen LogP contribution in [0.4, 0.5) is 0 Å². The van der Waals surface area contributed by atoms with Crippen LogP contribution in [-0.2, 0) is 5.16 Å². The molecule has 5 aromatic rings. The molecule has 1 heterocycles. The molecular weight excluding hydrogens is 487 g/mol. The van der Waals surface area contributed by atoms with E-state index in [1.807, 2.05) is 12.5 Å². The Morgan fingerprint density at radius 1 is 0.769 bits per heavy atom. The van der Waals surface area contributed by atoms with E-state index < -0.39 is 9.52 Å². The van der Waals surface area contributed by atoms with Crippen molar-refractivity contribution >= 4 is 27.2 Å². The summed E-state index contributed by atoms with van der Waals surface area (Å²) in [7, 11) is -0.657. The second kappa shape index (κ2) is 14.3. The lowest BCUT2D eigenvalue weighted by Crippen LogP contribution is -2.41. The summed E-state index contributed by atoms with van der Waals surface area (Å²) in [5.41, 5.74) is 7.88. The summed E-state index contributed by atoms with van der Waals surface area (Å²) in [5.74, 6) is 0.625. The van der Waals surface area contributed by atoms with Crippen molar-refractivity contribution in [1.82, 2.24) is 9.55 Å². The van der Waals surface area contributed by atoms with Crippen molar-refractivity contribution in [2.75, 3.05) is 0 Å². The Kier molecular flexibility index (Phi) is 10.3. The molecule has 0 aliphatic carbocycles. The normalized spacial score (nSPS) is 12.3. The zero-order valence-corrected chi connectivity index (χ0v) is 24.8. The molecule has 0 spiro atoms. The van der Waals surface area contributed by atoms with E-state index in [-0.39, 0.29) is 5.16 Å². The van der Waals surface area contributed by atoms with Crippen LogP contribution >= 0.6 is 0 Å². The topological polar surface area (TPSA) is 17.8 Å². The number of imidazole rings is 1. The number of hydrogen-bond donors (Lipinski definition) is 0. The first-order chi connectivity index (χ1) is 19.1. The van der Waals surface area contributed by atoms with Gasteiger partial charge in [0, 0.05) is 12.4 Å². The van der Waals surface area contributed by atoms with Gasteiger partial charge in [0.05, 0.1) is 21.0 Å². The summed E-state index contributed by atoms with van der Waals surface area (Å²) in [4.78, 5) is 4.36. The van der Waals surface area contributed by atoms with Crippen LogP contribution < -0.4 is 10.9 Å². The van der Waals surface area contributed by atoms with Gasteiger partial charge in [0.1, 0.15) is 0 Å². The third kappa shape index (κ3) is 7.16. The van der Waals surface area contributed by atoms with Gasteiger partial charge in [-0.2, -0.15) is 0 Å². The first-order valence-electron chi connectivity index (χ1n) is 14.0. The molecule has 0 amide bonds. The average molecular weight is 527 g/mol. The van der Waals surface area contributed by atoms with Crippen molar-refractivity contribution in [2.45, 2.75) is 32.3 Å². The molecule has 0 N–H and O–H groups in total. The second-order valence-electron chi connectivity index (χ2n) is 10.1. The highest BCUT2D eigenvalue weighted by Gasteiger charge is 2.35. The maximum atomic E-state index is 4.36. The minimum atomic E-state index is -0.657. The summed E-state index contributed by atoms with van der Waals surface area (Å²) < 4.78 is 2.30. The smallest absolute Gasteiger partial charge is 0.206 e. The molecule has 5 rings (SSSR count). The van der Waals surface area contributed by atoms with Gasteiger partial charge in [0.25, 0.3) is 0 Å². The van der Waals surface area contributed by atoms with Gasteiger partial charge in [0.15, 0.2) is 0 Å². The van der Waals surface area contributed by atoms with E-state index in [1.165, 1.54) is 28.5 Å². The summed E-state index contributed by atoms with van der Waals surface area (Å²) in [6, 6.07) is 42.9. The molecule has 196 valence electrons. The van der Waals surface area contributed by atoms with Crippen LogP contribution in [0.2, 0.25) is 6.82 Å². The van der Waals surface area contributed by atoms with Crippen molar-refractivity contribution in [3.8, 4) is 0 Å². The van der Waals surface area contributed by atoms with Crippen LogP contribution in [0.15, 0.2) is 152 Å². The summed E-state index contributed by atoms with van der Waals surface area (Å²) >= 11 is 0. The van der Waals surface area contributed by atoms with Crippen molar-refractivity contribution in [1.29, 1.82) is 0 Å². The van der Waals surface area contributed by atoms with Crippen molar-refractivity contribution in [3.05, 3.63) is 163 Å². The van der Waals surface area contributed by atoms with Gasteiger partial charge in [-0.3, -0.25) is 0 Å². The Labute approximate surface area is 237 Å². The predicted octanol–water partition coefficient (Wildman–Crippen LogP) is 6.29. The highest BCUT2D eigenvalue weighted by molar-refractivity contribution is 6.84. The van der Waals surface area contributed by atoms with Crippen LogP contribution in [0.3, 0.4) is 0 Å². The largest absolute Gasteiger partial charge is 0.326 e. The van der Waals surface area contributed by atoms with Gasteiger partial charge in [-0.25, -0.2) is 4.98 Å². The van der Waals surface area contributed by atoms with Crippen molar-refractivity contribution in [2.24, 2.45) is 5.92 Å². The molecule has 0 aliphatic rings. The van der Waals surface area contributed by atoms with Gasteiger partial charge in [-0.05, 0) is 17.0 Å². The maximum absolute atomic E-state index is 4.36. The molecule has 4 heteroatoms. The van der Waals surface area contributed by atoms with Crippen molar-refractivity contribution < 1.29 is 0 Å². The van der Waals surface area contributed by atoms with Crippen LogP contribution in [0.1, 0.15) is 31.4 Å². The number of benzene rings is 4. The molecule has 2 nitrogen and oxygen atoms in total. The molecular formula is C35H39BN2Si. The maximum Gasteiger partial charge on any atom is 0.206 e. The van der Waals surface area contributed by atoms with Gasteiger partial charge in [-0.15, -0.1) is 5.70 Å². The number of allylic oxidation sites excluding steroid dienone is 1. The van der Waals surface area contributed by atoms with Crippen LogP contribution in [0, 0.1) is 5.92 Å². The molecule has 0 aliphatic heterocycles. The lowest BCUT2D eigenvalue weighted by atomic mass is 9.43. The van der Waals surface area contributed by atoms with Crippen LogP contribution in [0.25, 0.3) is 0 Å². The van der Waals surface area contributed by atoms with E-state index in [9.17, 15) is 0 Å². The summed E-state index contributed by atoms with van der Waals surface area (Å²) in [6.45, 7) is 7.26. The Hall–Kier alpha value is -3.89. The van der Waals surface area contributed by atoms with Gasteiger partial charge in [-0.1, -0.05) is 165 Å². The fourth-order valence-electron chi connectivity index (χ4n) is 5.00. The van der Waals surface area contributed by atoms with Gasteiger partial charge < -0.3 is 4.57 Å². The third-order valence-electron chi connectivity index (χ3n) is 7.57. The fourth-order valence-corrected chi connectivity index (χ4v) is 7.28. The summed E-state index contributed by atoms with van der Waals surface area (Å²) in [6.07, 6.45) is 9.52. The fraction of sp³-hybridized carbons (Fsp3) is 0.171. The molecule has 0 radical (unpaired) electrons. The first-order valence-corrected chi connectivity index (χ1v) is 15.5. The highest BCUT2D eigenvalue weighted by Crippen LogP contribution is 2.33. The zero-order valence-electron chi connectivity index (χ0n) is 23.4. The van der Waals surface area contributed by atoms with Gasteiger partial charge in [0.2, 0.25) is 6.71 Å². The van der Waals surface area contributed by atoms with Crippen LogP contribution in [-0.4, -0.2) is 25.8 Å². The number of aromatic nitrogens is 2. The third-order valence-corrected chi connectivity index (χ3v) is 9.85. The van der Waals surface area contributed by atoms with Crippen molar-refractivity contribution in [3.63, 3.8) is 0 Å². The lowest BCUT2D eigenvalue weighted by Gasteiger charge is -2.36. The summed E-state index contributed by atoms with van der Waals surface area (Å²) in [5, 5.41) is -0.150. The molecule has 4 aromatic carbocycles. The molecule has 0 bridgehead atoms. The monoisotopic (exact) mass is 526 g/mol. The first kappa shape index (κ1) is 28.1. The minimum Gasteiger partial charge on any atom is -0.326 e. The van der Waals surface area contributed by atoms with Gasteiger partial charge >= 0.3 is 0 Å². The molecule has 39 heavy (non-hydrogen) atoms. The Morgan fingerprint density at radius 3 is 1.64 bits per heavy atom. The second-order valence-corrected chi connectivity index (χ2v) is 12.0. The molecule has 1 aromatic heterocycles. The number of hydrogen-bond acceptors (Lipinski definition) is 1. The van der Waals surface area contributed by atoms with E-state index in [0.29, 0.717) is 12.6 Å². The number of rotatable bonds is 9. The predicted molar refractivity (Wildman–Crippen MR) is 172 cm³/mol. The van der Waals surface area contributed by atoms with E-state index in [0.717, 1.165) is 0 Å². The zero-order chi connectivity index (χ0) is 27.3. The quantitative estimate of drug-likeness (QED) is 0.207. The van der Waals surface area contributed by atoms with E-state index >= 15 is 0 Å². The highest BCUT2D eigenvalue weighted by atomic mass is 28.2. The molecule has 1 unspecified atom stereocenters. The van der Waals surface area contributed by atoms with E-state index in [1.54, 1.807) is 0 Å². The molecule has 1 atom stereocenters. The Bertz CT molecular complexity index is 1290. The van der Waals surface area contributed by atoms with E-state index in [2.05, 4.69) is 170 Å². The number of nitrogens with zero attached hydrogens (tertiary/aromatic N) is 2. The molecule has 0 saturated carbocycles.